The number of nitrogens with one attached hydrogen (secondary N) is 1. The largest absolute Gasteiger partial charge is 0.440 e. The molecule has 84 valence electrons. The van der Waals surface area contributed by atoms with Crippen LogP contribution >= 0.6 is 23.4 Å². The summed E-state index contributed by atoms with van der Waals surface area (Å²) < 4.78 is 5.11. The van der Waals surface area contributed by atoms with Crippen LogP contribution in [0.15, 0.2) is 46.4 Å². The summed E-state index contributed by atoms with van der Waals surface area (Å²) in [6.45, 7) is 0.856. The number of hydrogen-bond acceptors (Lipinski definition) is 4. The van der Waals surface area contributed by atoms with E-state index in [1.807, 2.05) is 24.3 Å². The average Bonchev–Trinajstić information content (AvgIpc) is 2.80. The molecule has 2 aromatic rings. The Labute approximate surface area is 103 Å². The van der Waals surface area contributed by atoms with Crippen LogP contribution in [0.4, 0.5) is 5.69 Å². The Bertz CT molecular complexity index is 416. The van der Waals surface area contributed by atoms with Crippen LogP contribution in [0.5, 0.6) is 0 Å². The normalized spacial score (nSPS) is 10.3. The Balaban J connectivity index is 1.70. The zero-order chi connectivity index (χ0) is 11.2. The van der Waals surface area contributed by atoms with Crippen LogP contribution in [-0.4, -0.2) is 17.3 Å². The molecule has 0 amide bonds. The average molecular weight is 255 g/mol. The maximum absolute atomic E-state index is 5.79. The summed E-state index contributed by atoms with van der Waals surface area (Å²) in [7, 11) is 0. The molecule has 1 aromatic carbocycles. The minimum absolute atomic E-state index is 0.706. The lowest BCUT2D eigenvalue weighted by molar-refractivity contribution is 0.454. The number of benzene rings is 1. The van der Waals surface area contributed by atoms with Crippen LogP contribution in [0.25, 0.3) is 0 Å². The zero-order valence-electron chi connectivity index (χ0n) is 8.52. The standard InChI is InChI=1S/C11H11ClN2OS/c12-9-1-3-10(4-2-9)13-6-8-16-11-14-5-7-15-11/h1-5,7,13H,6,8H2. The van der Waals surface area contributed by atoms with E-state index in [0.29, 0.717) is 5.22 Å². The quantitative estimate of drug-likeness (QED) is 0.654. The molecule has 0 radical (unpaired) electrons. The number of nitrogens with zero attached hydrogens (tertiary/aromatic N) is 1. The second-order valence-corrected chi connectivity index (χ2v) is 4.56. The van der Waals surface area contributed by atoms with Crippen molar-refractivity contribution in [1.29, 1.82) is 0 Å². The highest BCUT2D eigenvalue weighted by Crippen LogP contribution is 2.16. The fourth-order valence-corrected chi connectivity index (χ4v) is 1.95. The van der Waals surface area contributed by atoms with Crippen LogP contribution < -0.4 is 5.32 Å². The fourth-order valence-electron chi connectivity index (χ4n) is 1.18. The van der Waals surface area contributed by atoms with Crippen molar-refractivity contribution >= 4 is 29.1 Å². The molecule has 0 aliphatic rings. The molecule has 0 spiro atoms. The maximum atomic E-state index is 5.79. The van der Waals surface area contributed by atoms with E-state index >= 15 is 0 Å². The van der Waals surface area contributed by atoms with E-state index in [2.05, 4.69) is 10.3 Å². The second kappa shape index (κ2) is 5.82. The van der Waals surface area contributed by atoms with Crippen molar-refractivity contribution in [2.45, 2.75) is 5.22 Å². The van der Waals surface area contributed by atoms with Gasteiger partial charge in [0.05, 0.1) is 6.20 Å². The van der Waals surface area contributed by atoms with Gasteiger partial charge in [-0.2, -0.15) is 0 Å². The molecule has 0 fully saturated rings. The predicted molar refractivity (Wildman–Crippen MR) is 67.2 cm³/mol. The van der Waals surface area contributed by atoms with E-state index in [-0.39, 0.29) is 0 Å². The summed E-state index contributed by atoms with van der Waals surface area (Å²) in [4.78, 5) is 4.02. The van der Waals surface area contributed by atoms with E-state index in [0.717, 1.165) is 23.0 Å². The van der Waals surface area contributed by atoms with Gasteiger partial charge in [0.2, 0.25) is 0 Å². The third-order valence-corrected chi connectivity index (χ3v) is 3.02. The zero-order valence-corrected chi connectivity index (χ0v) is 10.1. The van der Waals surface area contributed by atoms with E-state index in [1.165, 1.54) is 0 Å². The van der Waals surface area contributed by atoms with Gasteiger partial charge in [0.15, 0.2) is 0 Å². The highest BCUT2D eigenvalue weighted by Gasteiger charge is 1.97. The van der Waals surface area contributed by atoms with E-state index in [1.54, 1.807) is 24.2 Å². The highest BCUT2D eigenvalue weighted by atomic mass is 35.5. The van der Waals surface area contributed by atoms with Crippen molar-refractivity contribution in [3.05, 3.63) is 41.7 Å². The Morgan fingerprint density at radius 2 is 2.12 bits per heavy atom. The Hall–Kier alpha value is -1.13. The lowest BCUT2D eigenvalue weighted by Gasteiger charge is -2.04. The molecule has 0 aliphatic heterocycles. The highest BCUT2D eigenvalue weighted by molar-refractivity contribution is 7.99. The third kappa shape index (κ3) is 3.47. The smallest absolute Gasteiger partial charge is 0.255 e. The summed E-state index contributed by atoms with van der Waals surface area (Å²) in [6.07, 6.45) is 3.23. The second-order valence-electron chi connectivity index (χ2n) is 3.08. The molecular weight excluding hydrogens is 244 g/mol. The minimum Gasteiger partial charge on any atom is -0.440 e. The molecule has 0 saturated carbocycles. The van der Waals surface area contributed by atoms with Gasteiger partial charge in [-0.3, -0.25) is 0 Å². The first kappa shape index (κ1) is 11.4. The third-order valence-electron chi connectivity index (χ3n) is 1.91. The van der Waals surface area contributed by atoms with Crippen LogP contribution in [0.2, 0.25) is 5.02 Å². The van der Waals surface area contributed by atoms with E-state index in [9.17, 15) is 0 Å². The van der Waals surface area contributed by atoms with Crippen molar-refractivity contribution in [1.82, 2.24) is 4.98 Å². The molecule has 5 heteroatoms. The SMILES string of the molecule is Clc1ccc(NCCSc2ncco2)cc1. The molecule has 0 saturated heterocycles. The number of aromatic nitrogens is 1. The van der Waals surface area contributed by atoms with Crippen LogP contribution in [-0.2, 0) is 0 Å². The monoisotopic (exact) mass is 254 g/mol. The molecular formula is C11H11ClN2OS. The van der Waals surface area contributed by atoms with Gasteiger partial charge in [0.25, 0.3) is 5.22 Å². The number of oxazole rings is 1. The van der Waals surface area contributed by atoms with E-state index < -0.39 is 0 Å². The molecule has 0 unspecified atom stereocenters. The van der Waals surface area contributed by atoms with Crippen molar-refractivity contribution in [3.8, 4) is 0 Å². The van der Waals surface area contributed by atoms with Gasteiger partial charge in [0, 0.05) is 23.0 Å². The van der Waals surface area contributed by atoms with Crippen molar-refractivity contribution in [2.75, 3.05) is 17.6 Å². The summed E-state index contributed by atoms with van der Waals surface area (Å²) in [5, 5.41) is 4.74. The number of thioether (sulfide) groups is 1. The summed E-state index contributed by atoms with van der Waals surface area (Å²) in [6, 6.07) is 7.65. The lowest BCUT2D eigenvalue weighted by atomic mass is 10.3. The molecule has 1 heterocycles. The topological polar surface area (TPSA) is 38.1 Å². The Kier molecular flexibility index (Phi) is 4.13. The van der Waals surface area contributed by atoms with Crippen molar-refractivity contribution < 1.29 is 4.42 Å². The van der Waals surface area contributed by atoms with Gasteiger partial charge < -0.3 is 9.73 Å². The summed E-state index contributed by atoms with van der Waals surface area (Å²) in [5.41, 5.74) is 1.07. The predicted octanol–water partition coefficient (Wildman–Crippen LogP) is 3.53. The van der Waals surface area contributed by atoms with E-state index in [4.69, 9.17) is 16.0 Å². The molecule has 0 bridgehead atoms. The number of halogens is 1. The van der Waals surface area contributed by atoms with Crippen LogP contribution in [0.1, 0.15) is 0 Å². The molecule has 3 nitrogen and oxygen atoms in total. The van der Waals surface area contributed by atoms with Crippen molar-refractivity contribution in [3.63, 3.8) is 0 Å². The van der Waals surface area contributed by atoms with Gasteiger partial charge >= 0.3 is 0 Å². The fraction of sp³-hybridized carbons (Fsp3) is 0.182. The van der Waals surface area contributed by atoms with Crippen LogP contribution in [0, 0.1) is 0 Å². The number of rotatable bonds is 5. The van der Waals surface area contributed by atoms with Gasteiger partial charge in [-0.15, -0.1) is 0 Å². The Morgan fingerprint density at radius 1 is 1.31 bits per heavy atom. The first-order chi connectivity index (χ1) is 7.84. The molecule has 0 atom stereocenters. The molecule has 1 aromatic heterocycles. The summed E-state index contributed by atoms with van der Waals surface area (Å²) in [5.74, 6) is 0.906. The van der Waals surface area contributed by atoms with Gasteiger partial charge in [-0.25, -0.2) is 4.98 Å². The molecule has 16 heavy (non-hydrogen) atoms. The molecule has 2 rings (SSSR count). The van der Waals surface area contributed by atoms with Gasteiger partial charge in [-0.1, -0.05) is 23.4 Å². The van der Waals surface area contributed by atoms with Gasteiger partial charge in [-0.05, 0) is 24.3 Å². The first-order valence-corrected chi connectivity index (χ1v) is 6.23. The van der Waals surface area contributed by atoms with Crippen LogP contribution in [0.3, 0.4) is 0 Å². The maximum Gasteiger partial charge on any atom is 0.255 e. The summed E-state index contributed by atoms with van der Waals surface area (Å²) >= 11 is 7.37. The number of anilines is 1. The minimum atomic E-state index is 0.706. The van der Waals surface area contributed by atoms with Crippen molar-refractivity contribution in [2.24, 2.45) is 0 Å². The Morgan fingerprint density at radius 3 is 2.81 bits per heavy atom. The first-order valence-electron chi connectivity index (χ1n) is 4.86. The molecule has 1 N–H and O–H groups in total. The lowest BCUT2D eigenvalue weighted by Crippen LogP contribution is -2.03. The molecule has 0 aliphatic carbocycles. The van der Waals surface area contributed by atoms with Gasteiger partial charge in [0.1, 0.15) is 6.26 Å². The number of hydrogen-bond donors (Lipinski definition) is 1.